The number of carbonyl (C=O) groups excluding carboxylic acids is 2. The standard InChI is InChI=1S/C28H31FN2O3/c1-3-18-34-26-13-10-20-6-4-5-7-24(20)25(26)19-30(2)27(32)22-14-16-31(17-15-22)28(33)21-8-11-23(29)12-9-21/h4-13,22H,3,14-19H2,1-2H3. The van der Waals surface area contributed by atoms with Crippen LogP contribution in [0.1, 0.15) is 42.1 Å². The highest BCUT2D eigenvalue weighted by atomic mass is 19.1. The number of likely N-dealkylation sites (tertiary alicyclic amines) is 1. The summed E-state index contributed by atoms with van der Waals surface area (Å²) in [7, 11) is 1.84. The number of rotatable bonds is 7. The van der Waals surface area contributed by atoms with Crippen LogP contribution in [-0.2, 0) is 11.3 Å². The summed E-state index contributed by atoms with van der Waals surface area (Å²) in [5.41, 5.74) is 1.49. The monoisotopic (exact) mass is 462 g/mol. The van der Waals surface area contributed by atoms with Crippen molar-refractivity contribution in [3.05, 3.63) is 77.6 Å². The predicted molar refractivity (Wildman–Crippen MR) is 131 cm³/mol. The number of benzene rings is 3. The Bertz CT molecular complexity index is 1150. The van der Waals surface area contributed by atoms with Crippen LogP contribution in [0.2, 0.25) is 0 Å². The summed E-state index contributed by atoms with van der Waals surface area (Å²) in [4.78, 5) is 29.5. The molecule has 0 N–H and O–H groups in total. The van der Waals surface area contributed by atoms with E-state index in [-0.39, 0.29) is 23.5 Å². The van der Waals surface area contributed by atoms with Gasteiger partial charge >= 0.3 is 0 Å². The van der Waals surface area contributed by atoms with E-state index in [1.54, 1.807) is 9.80 Å². The fourth-order valence-electron chi connectivity index (χ4n) is 4.56. The number of amides is 2. The van der Waals surface area contributed by atoms with Crippen LogP contribution in [0.25, 0.3) is 10.8 Å². The molecule has 178 valence electrons. The molecular weight excluding hydrogens is 431 g/mol. The highest BCUT2D eigenvalue weighted by Crippen LogP contribution is 2.30. The fraction of sp³-hybridized carbons (Fsp3) is 0.357. The molecule has 0 unspecified atom stereocenters. The Kier molecular flexibility index (Phi) is 7.46. The first kappa shape index (κ1) is 23.7. The van der Waals surface area contributed by atoms with Gasteiger partial charge in [0.15, 0.2) is 0 Å². The van der Waals surface area contributed by atoms with Gasteiger partial charge < -0.3 is 14.5 Å². The van der Waals surface area contributed by atoms with Gasteiger partial charge in [0.2, 0.25) is 5.91 Å². The number of carbonyl (C=O) groups is 2. The van der Waals surface area contributed by atoms with Crippen LogP contribution in [0, 0.1) is 11.7 Å². The molecule has 1 aliphatic heterocycles. The van der Waals surface area contributed by atoms with Crippen molar-refractivity contribution < 1.29 is 18.7 Å². The van der Waals surface area contributed by atoms with Gasteiger partial charge in [-0.25, -0.2) is 4.39 Å². The van der Waals surface area contributed by atoms with E-state index in [4.69, 9.17) is 4.74 Å². The Morgan fingerprint density at radius 2 is 1.74 bits per heavy atom. The SMILES string of the molecule is CCCOc1ccc2ccccc2c1CN(C)C(=O)C1CCN(C(=O)c2ccc(F)cc2)CC1. The van der Waals surface area contributed by atoms with Gasteiger partial charge in [-0.2, -0.15) is 0 Å². The Labute approximate surface area is 200 Å². The summed E-state index contributed by atoms with van der Waals surface area (Å²) in [6.45, 7) is 4.19. The summed E-state index contributed by atoms with van der Waals surface area (Å²) in [6, 6.07) is 17.8. The number of ether oxygens (including phenoxy) is 1. The Balaban J connectivity index is 1.42. The molecule has 0 bridgehead atoms. The molecule has 0 aromatic heterocycles. The van der Waals surface area contributed by atoms with Crippen molar-refractivity contribution in [1.82, 2.24) is 9.80 Å². The van der Waals surface area contributed by atoms with Crippen molar-refractivity contribution >= 4 is 22.6 Å². The van der Waals surface area contributed by atoms with E-state index in [9.17, 15) is 14.0 Å². The molecule has 4 rings (SSSR count). The zero-order valence-corrected chi connectivity index (χ0v) is 19.8. The normalized spacial score (nSPS) is 14.3. The lowest BCUT2D eigenvalue weighted by molar-refractivity contribution is -0.136. The Morgan fingerprint density at radius 1 is 1.03 bits per heavy atom. The maximum Gasteiger partial charge on any atom is 0.253 e. The molecule has 3 aromatic rings. The maximum absolute atomic E-state index is 13.3. The summed E-state index contributed by atoms with van der Waals surface area (Å²) < 4.78 is 19.2. The summed E-state index contributed by atoms with van der Waals surface area (Å²) in [5.74, 6) is 0.298. The molecule has 0 saturated carbocycles. The van der Waals surface area contributed by atoms with Gasteiger partial charge in [0.1, 0.15) is 11.6 Å². The summed E-state index contributed by atoms with van der Waals surface area (Å²) >= 11 is 0. The first-order valence-corrected chi connectivity index (χ1v) is 11.9. The summed E-state index contributed by atoms with van der Waals surface area (Å²) in [6.07, 6.45) is 2.14. The number of halogens is 1. The lowest BCUT2D eigenvalue weighted by Gasteiger charge is -2.33. The van der Waals surface area contributed by atoms with Crippen LogP contribution in [0.15, 0.2) is 60.7 Å². The van der Waals surface area contributed by atoms with E-state index in [0.29, 0.717) is 44.6 Å². The summed E-state index contributed by atoms with van der Waals surface area (Å²) in [5, 5.41) is 2.21. The van der Waals surface area contributed by atoms with Crippen LogP contribution in [0.3, 0.4) is 0 Å². The zero-order chi connectivity index (χ0) is 24.1. The van der Waals surface area contributed by atoms with Crippen LogP contribution in [0.5, 0.6) is 5.75 Å². The number of nitrogens with zero attached hydrogens (tertiary/aromatic N) is 2. The van der Waals surface area contributed by atoms with Crippen LogP contribution >= 0.6 is 0 Å². The van der Waals surface area contributed by atoms with E-state index in [2.05, 4.69) is 25.1 Å². The van der Waals surface area contributed by atoms with E-state index in [1.807, 2.05) is 25.2 Å². The number of hydrogen-bond acceptors (Lipinski definition) is 3. The molecule has 1 saturated heterocycles. The average Bonchev–Trinajstić information content (AvgIpc) is 2.88. The minimum absolute atomic E-state index is 0.0863. The van der Waals surface area contributed by atoms with E-state index in [0.717, 1.165) is 28.5 Å². The van der Waals surface area contributed by atoms with Crippen molar-refractivity contribution in [2.45, 2.75) is 32.7 Å². The third kappa shape index (κ3) is 5.22. The molecule has 34 heavy (non-hydrogen) atoms. The largest absolute Gasteiger partial charge is 0.493 e. The molecule has 1 heterocycles. The van der Waals surface area contributed by atoms with Gasteiger partial charge in [0.25, 0.3) is 5.91 Å². The van der Waals surface area contributed by atoms with Crippen molar-refractivity contribution in [2.24, 2.45) is 5.92 Å². The molecular formula is C28H31FN2O3. The molecule has 5 nitrogen and oxygen atoms in total. The van der Waals surface area contributed by atoms with E-state index < -0.39 is 0 Å². The molecule has 0 spiro atoms. The average molecular weight is 463 g/mol. The second kappa shape index (κ2) is 10.7. The Hall–Kier alpha value is -3.41. The van der Waals surface area contributed by atoms with Crippen LogP contribution < -0.4 is 4.74 Å². The van der Waals surface area contributed by atoms with E-state index in [1.165, 1.54) is 24.3 Å². The highest BCUT2D eigenvalue weighted by Gasteiger charge is 2.30. The third-order valence-corrected chi connectivity index (χ3v) is 6.45. The molecule has 1 aliphatic rings. The van der Waals surface area contributed by atoms with Crippen LogP contribution in [0.4, 0.5) is 4.39 Å². The number of fused-ring (bicyclic) bond motifs is 1. The van der Waals surface area contributed by atoms with Gasteiger partial charge in [-0.3, -0.25) is 9.59 Å². The third-order valence-electron chi connectivity index (χ3n) is 6.45. The molecule has 6 heteroatoms. The lowest BCUT2D eigenvalue weighted by Crippen LogP contribution is -2.43. The highest BCUT2D eigenvalue weighted by molar-refractivity contribution is 5.94. The van der Waals surface area contributed by atoms with Crippen molar-refractivity contribution in [3.8, 4) is 5.75 Å². The second-order valence-electron chi connectivity index (χ2n) is 8.88. The van der Waals surface area contributed by atoms with Crippen molar-refractivity contribution in [2.75, 3.05) is 26.7 Å². The lowest BCUT2D eigenvalue weighted by atomic mass is 9.94. The van der Waals surface area contributed by atoms with Gasteiger partial charge in [0, 0.05) is 43.7 Å². The van der Waals surface area contributed by atoms with Crippen LogP contribution in [-0.4, -0.2) is 48.4 Å². The van der Waals surface area contributed by atoms with Gasteiger partial charge in [0.05, 0.1) is 6.61 Å². The number of hydrogen-bond donors (Lipinski definition) is 0. The fourth-order valence-corrected chi connectivity index (χ4v) is 4.56. The zero-order valence-electron chi connectivity index (χ0n) is 19.8. The minimum Gasteiger partial charge on any atom is -0.493 e. The predicted octanol–water partition coefficient (Wildman–Crippen LogP) is 5.28. The van der Waals surface area contributed by atoms with Gasteiger partial charge in [-0.05, 0) is 60.4 Å². The molecule has 3 aromatic carbocycles. The van der Waals surface area contributed by atoms with Crippen molar-refractivity contribution in [1.29, 1.82) is 0 Å². The topological polar surface area (TPSA) is 49.9 Å². The molecule has 0 radical (unpaired) electrons. The molecule has 2 amide bonds. The first-order valence-electron chi connectivity index (χ1n) is 11.9. The molecule has 0 atom stereocenters. The number of piperidine rings is 1. The quantitative estimate of drug-likeness (QED) is 0.480. The van der Waals surface area contributed by atoms with Crippen molar-refractivity contribution in [3.63, 3.8) is 0 Å². The smallest absolute Gasteiger partial charge is 0.253 e. The molecule has 1 fully saturated rings. The minimum atomic E-state index is -0.363. The second-order valence-corrected chi connectivity index (χ2v) is 8.88. The Morgan fingerprint density at radius 3 is 2.44 bits per heavy atom. The van der Waals surface area contributed by atoms with E-state index >= 15 is 0 Å². The molecule has 0 aliphatic carbocycles. The maximum atomic E-state index is 13.3. The van der Waals surface area contributed by atoms with Gasteiger partial charge in [-0.15, -0.1) is 0 Å². The first-order chi connectivity index (χ1) is 16.5. The van der Waals surface area contributed by atoms with Gasteiger partial charge in [-0.1, -0.05) is 37.3 Å².